The molecule has 0 bridgehead atoms. The minimum absolute atomic E-state index is 0.871. The Morgan fingerprint density at radius 2 is 0.736 bits per heavy atom. The topological polar surface area (TPSA) is 39.4 Å². The van der Waals surface area contributed by atoms with Gasteiger partial charge in [0, 0.05) is 43.4 Å². The Hall–Kier alpha value is -7.10. The highest BCUT2D eigenvalue weighted by Crippen LogP contribution is 2.49. The van der Waals surface area contributed by atoms with Gasteiger partial charge < -0.3 is 13.3 Å². The molecule has 3 heteroatoms. The lowest BCUT2D eigenvalue weighted by Gasteiger charge is -2.18. The predicted octanol–water partition coefficient (Wildman–Crippen LogP) is 14.7. The van der Waals surface area contributed by atoms with Gasteiger partial charge in [-0.2, -0.15) is 0 Å². The summed E-state index contributed by atoms with van der Waals surface area (Å²) in [6.45, 7) is 0. The predicted molar refractivity (Wildman–Crippen MR) is 220 cm³/mol. The molecule has 0 saturated heterocycles. The number of para-hydroxylation sites is 3. The quantitative estimate of drug-likeness (QED) is 0.175. The van der Waals surface area contributed by atoms with Crippen LogP contribution < -0.4 is 0 Å². The molecule has 0 aliphatic carbocycles. The maximum absolute atomic E-state index is 6.90. The summed E-state index contributed by atoms with van der Waals surface area (Å²) in [5, 5.41) is 11.4. The summed E-state index contributed by atoms with van der Waals surface area (Å²) >= 11 is 0. The van der Waals surface area contributed by atoms with Gasteiger partial charge >= 0.3 is 0 Å². The lowest BCUT2D eigenvalue weighted by Crippen LogP contribution is -1.92. The highest BCUT2D eigenvalue weighted by Gasteiger charge is 2.23. The Morgan fingerprint density at radius 1 is 0.264 bits per heavy atom. The van der Waals surface area contributed by atoms with Crippen molar-refractivity contribution in [3.05, 3.63) is 170 Å². The van der Waals surface area contributed by atoms with E-state index in [4.69, 9.17) is 13.3 Å². The molecule has 0 N–H and O–H groups in total. The molecular formula is C50H28O3. The van der Waals surface area contributed by atoms with Crippen LogP contribution in [0.15, 0.2) is 183 Å². The maximum atomic E-state index is 6.90. The summed E-state index contributed by atoms with van der Waals surface area (Å²) in [5.74, 6) is 0. The molecule has 53 heavy (non-hydrogen) atoms. The van der Waals surface area contributed by atoms with Gasteiger partial charge in [-0.1, -0.05) is 121 Å². The summed E-state index contributed by atoms with van der Waals surface area (Å²) < 4.78 is 19.5. The Bertz CT molecular complexity index is 3410. The van der Waals surface area contributed by atoms with E-state index in [1.165, 1.54) is 27.1 Å². The van der Waals surface area contributed by atoms with Gasteiger partial charge in [0.05, 0.1) is 0 Å². The Balaban J connectivity index is 1.15. The molecule has 0 fully saturated rings. The van der Waals surface area contributed by atoms with Crippen molar-refractivity contribution in [2.24, 2.45) is 0 Å². The van der Waals surface area contributed by atoms with E-state index in [0.29, 0.717) is 0 Å². The van der Waals surface area contributed by atoms with Gasteiger partial charge in [0.25, 0.3) is 0 Å². The number of hydrogen-bond donors (Lipinski definition) is 0. The fraction of sp³-hybridized carbons (Fsp3) is 0. The average molecular weight is 677 g/mol. The van der Waals surface area contributed by atoms with Crippen LogP contribution >= 0.6 is 0 Å². The van der Waals surface area contributed by atoms with Crippen LogP contribution in [0.2, 0.25) is 0 Å². The average Bonchev–Trinajstić information content (AvgIpc) is 3.91. The van der Waals surface area contributed by atoms with E-state index < -0.39 is 0 Å². The van der Waals surface area contributed by atoms with Crippen molar-refractivity contribution < 1.29 is 13.3 Å². The number of benzene rings is 9. The third-order valence-corrected chi connectivity index (χ3v) is 11.1. The first-order valence-corrected chi connectivity index (χ1v) is 18.0. The first-order valence-electron chi connectivity index (χ1n) is 18.0. The molecule has 0 saturated carbocycles. The molecule has 0 radical (unpaired) electrons. The van der Waals surface area contributed by atoms with E-state index in [0.717, 1.165) is 93.6 Å². The largest absolute Gasteiger partial charge is 0.456 e. The first kappa shape index (κ1) is 28.6. The zero-order valence-electron chi connectivity index (χ0n) is 28.4. The number of furan rings is 3. The van der Waals surface area contributed by atoms with Crippen molar-refractivity contribution in [2.45, 2.75) is 0 Å². The SMILES string of the molecule is c1ccc2c(c1)oc1cc(-c3c4ccccc4c(-c4ccc(-c5ccc6oc7ccccc7c6c5)c5c4oc4ccccc45)c4ccccc34)ccc12. The number of rotatable bonds is 3. The van der Waals surface area contributed by atoms with Crippen LogP contribution in [0.3, 0.4) is 0 Å². The fourth-order valence-electron chi connectivity index (χ4n) is 8.77. The van der Waals surface area contributed by atoms with Crippen molar-refractivity contribution in [3.63, 3.8) is 0 Å². The van der Waals surface area contributed by atoms with Crippen molar-refractivity contribution in [2.75, 3.05) is 0 Å². The molecule has 0 aliphatic rings. The lowest BCUT2D eigenvalue weighted by atomic mass is 9.84. The standard InChI is InChI=1S/C50H28O3/c1-3-15-37-35(13-1)47(30-21-23-34-32-11-5-8-18-42(32)52-46(34)28-30)36-14-2-4-16-38(36)48(37)40-25-24-31(49-39-17-7-10-20-44(39)53-50(40)49)29-22-26-45-41(27-29)33-12-6-9-19-43(33)51-45/h1-28H. The molecule has 246 valence electrons. The Labute approximate surface area is 302 Å². The smallest absolute Gasteiger partial charge is 0.143 e. The fourth-order valence-corrected chi connectivity index (χ4v) is 8.77. The summed E-state index contributed by atoms with van der Waals surface area (Å²) in [4.78, 5) is 0. The van der Waals surface area contributed by atoms with E-state index in [1.807, 2.05) is 30.3 Å². The molecule has 0 unspecified atom stereocenters. The molecule has 0 aliphatic heterocycles. The molecule has 3 nitrogen and oxygen atoms in total. The van der Waals surface area contributed by atoms with Gasteiger partial charge in [-0.25, -0.2) is 0 Å². The van der Waals surface area contributed by atoms with Gasteiger partial charge in [0.2, 0.25) is 0 Å². The van der Waals surface area contributed by atoms with Gasteiger partial charge in [-0.15, -0.1) is 0 Å². The Morgan fingerprint density at radius 3 is 1.42 bits per heavy atom. The number of fused-ring (bicyclic) bond motifs is 11. The van der Waals surface area contributed by atoms with Crippen LogP contribution in [0.25, 0.3) is 121 Å². The minimum atomic E-state index is 0.871. The lowest BCUT2D eigenvalue weighted by molar-refractivity contribution is 0.668. The zero-order chi connectivity index (χ0) is 34.6. The van der Waals surface area contributed by atoms with Crippen LogP contribution in [0.4, 0.5) is 0 Å². The van der Waals surface area contributed by atoms with E-state index in [2.05, 4.69) is 140 Å². The molecule has 3 aromatic heterocycles. The van der Waals surface area contributed by atoms with Gasteiger partial charge in [0.15, 0.2) is 0 Å². The van der Waals surface area contributed by atoms with Crippen LogP contribution in [0.1, 0.15) is 0 Å². The summed E-state index contributed by atoms with van der Waals surface area (Å²) in [7, 11) is 0. The summed E-state index contributed by atoms with van der Waals surface area (Å²) in [5.41, 5.74) is 12.1. The molecule has 3 heterocycles. The monoisotopic (exact) mass is 676 g/mol. The van der Waals surface area contributed by atoms with Crippen LogP contribution in [0, 0.1) is 0 Å². The second kappa shape index (κ2) is 10.7. The molecule has 12 aromatic rings. The van der Waals surface area contributed by atoms with E-state index in [-0.39, 0.29) is 0 Å². The molecule has 9 aromatic carbocycles. The van der Waals surface area contributed by atoms with E-state index in [9.17, 15) is 0 Å². The highest BCUT2D eigenvalue weighted by molar-refractivity contribution is 6.26. The van der Waals surface area contributed by atoms with Crippen molar-refractivity contribution in [1.29, 1.82) is 0 Å². The van der Waals surface area contributed by atoms with Gasteiger partial charge in [-0.05, 0) is 92.3 Å². The van der Waals surface area contributed by atoms with Crippen molar-refractivity contribution in [1.82, 2.24) is 0 Å². The summed E-state index contributed by atoms with van der Waals surface area (Å²) in [6, 6.07) is 60.1. The normalized spacial score (nSPS) is 12.2. The van der Waals surface area contributed by atoms with Crippen LogP contribution in [-0.4, -0.2) is 0 Å². The van der Waals surface area contributed by atoms with E-state index in [1.54, 1.807) is 0 Å². The Kier molecular flexibility index (Phi) is 5.77. The second-order valence-electron chi connectivity index (χ2n) is 13.9. The second-order valence-corrected chi connectivity index (χ2v) is 13.9. The molecular weight excluding hydrogens is 649 g/mol. The molecule has 0 spiro atoms. The van der Waals surface area contributed by atoms with Crippen molar-refractivity contribution in [3.8, 4) is 33.4 Å². The van der Waals surface area contributed by atoms with Gasteiger partial charge in [-0.3, -0.25) is 0 Å². The van der Waals surface area contributed by atoms with Crippen LogP contribution in [0.5, 0.6) is 0 Å². The van der Waals surface area contributed by atoms with Crippen molar-refractivity contribution >= 4 is 87.4 Å². The first-order chi connectivity index (χ1) is 26.3. The molecule has 0 atom stereocenters. The third-order valence-electron chi connectivity index (χ3n) is 11.1. The van der Waals surface area contributed by atoms with Gasteiger partial charge in [0.1, 0.15) is 33.5 Å². The molecule has 0 amide bonds. The van der Waals surface area contributed by atoms with E-state index >= 15 is 0 Å². The zero-order valence-corrected chi connectivity index (χ0v) is 28.4. The minimum Gasteiger partial charge on any atom is -0.456 e. The third kappa shape index (κ3) is 4.05. The maximum Gasteiger partial charge on any atom is 0.143 e. The summed E-state index contributed by atoms with van der Waals surface area (Å²) in [6.07, 6.45) is 0. The van der Waals surface area contributed by atoms with Crippen LogP contribution in [-0.2, 0) is 0 Å². The number of hydrogen-bond acceptors (Lipinski definition) is 3. The highest BCUT2D eigenvalue weighted by atomic mass is 16.3. The molecule has 12 rings (SSSR count).